The lowest BCUT2D eigenvalue weighted by Crippen LogP contribution is -2.42. The van der Waals surface area contributed by atoms with E-state index in [1.54, 1.807) is 0 Å². The van der Waals surface area contributed by atoms with Gasteiger partial charge in [-0.05, 0) is 56.4 Å². The average Bonchev–Trinajstić information content (AvgIpc) is 2.74. The molecule has 0 unspecified atom stereocenters. The molecule has 1 aliphatic heterocycles. The van der Waals surface area contributed by atoms with Gasteiger partial charge in [-0.25, -0.2) is 0 Å². The number of halogens is 1. The summed E-state index contributed by atoms with van der Waals surface area (Å²) in [5, 5.41) is 12.5. The molecular weight excluding hydrogens is 434 g/mol. The van der Waals surface area contributed by atoms with E-state index in [0.717, 1.165) is 42.1 Å². The highest BCUT2D eigenvalue weighted by molar-refractivity contribution is 9.10. The van der Waals surface area contributed by atoms with Crippen LogP contribution >= 0.6 is 15.9 Å². The molecule has 0 spiro atoms. The number of nitrogens with one attached hydrogen (secondary N) is 1. The molecule has 1 aliphatic carbocycles. The molecule has 2 N–H and O–H groups in total. The zero-order valence-electron chi connectivity index (χ0n) is 17.1. The lowest BCUT2D eigenvalue weighted by molar-refractivity contribution is -0.166. The minimum Gasteiger partial charge on any atom is -0.459 e. The van der Waals surface area contributed by atoms with Gasteiger partial charge >= 0.3 is 0 Å². The third-order valence-corrected chi connectivity index (χ3v) is 6.36. The fraction of sp³-hybridized carbons (Fsp3) is 0.609. The highest BCUT2D eigenvalue weighted by Crippen LogP contribution is 2.39. The number of carbonyl (C=O) groups excluding carboxylic acids is 1. The van der Waals surface area contributed by atoms with Crippen molar-refractivity contribution < 1.29 is 19.4 Å². The van der Waals surface area contributed by atoms with E-state index in [1.165, 1.54) is 6.42 Å². The molecule has 2 aliphatic rings. The molecule has 0 aromatic heterocycles. The van der Waals surface area contributed by atoms with Gasteiger partial charge in [0.05, 0.1) is 0 Å². The number of benzene rings is 1. The van der Waals surface area contributed by atoms with Crippen LogP contribution in [0.1, 0.15) is 63.4 Å². The first kappa shape index (κ1) is 22.3. The summed E-state index contributed by atoms with van der Waals surface area (Å²) < 4.78 is 13.0. The van der Waals surface area contributed by atoms with Crippen molar-refractivity contribution in [3.63, 3.8) is 0 Å². The SMILES string of the molecule is CCO[C@@H]1OC(C(=O)NC2CCCCC2)=C[C@H](c2ccc(Br)cc2)[C@H]1CCCO. The molecule has 0 saturated heterocycles. The zero-order chi connectivity index (χ0) is 20.6. The van der Waals surface area contributed by atoms with Crippen LogP contribution in [0.2, 0.25) is 0 Å². The predicted octanol–water partition coefficient (Wildman–Crippen LogP) is 4.65. The number of amides is 1. The van der Waals surface area contributed by atoms with Crippen molar-refractivity contribution in [2.75, 3.05) is 13.2 Å². The first-order valence-electron chi connectivity index (χ1n) is 10.8. The number of aliphatic hydroxyl groups is 1. The van der Waals surface area contributed by atoms with Crippen molar-refractivity contribution >= 4 is 21.8 Å². The van der Waals surface area contributed by atoms with Crippen molar-refractivity contribution in [1.29, 1.82) is 0 Å². The number of allylic oxidation sites excluding steroid dienone is 1. The van der Waals surface area contributed by atoms with Crippen LogP contribution in [0.4, 0.5) is 0 Å². The van der Waals surface area contributed by atoms with Gasteiger partial charge in [0.15, 0.2) is 5.76 Å². The maximum atomic E-state index is 13.0. The second-order valence-corrected chi connectivity index (χ2v) is 8.80. The number of hydrogen-bond donors (Lipinski definition) is 2. The number of aliphatic hydroxyl groups excluding tert-OH is 1. The van der Waals surface area contributed by atoms with Gasteiger partial charge in [-0.1, -0.05) is 47.3 Å². The molecule has 3 atom stereocenters. The zero-order valence-corrected chi connectivity index (χ0v) is 18.7. The normalized spacial score (nSPS) is 25.2. The Morgan fingerprint density at radius 2 is 1.97 bits per heavy atom. The Morgan fingerprint density at radius 1 is 1.24 bits per heavy atom. The predicted molar refractivity (Wildman–Crippen MR) is 116 cm³/mol. The maximum absolute atomic E-state index is 13.0. The van der Waals surface area contributed by atoms with Crippen molar-refractivity contribution in [2.45, 2.75) is 70.1 Å². The average molecular weight is 466 g/mol. The summed E-state index contributed by atoms with van der Waals surface area (Å²) >= 11 is 3.49. The minimum absolute atomic E-state index is 0.00736. The van der Waals surface area contributed by atoms with E-state index in [4.69, 9.17) is 9.47 Å². The van der Waals surface area contributed by atoms with Crippen LogP contribution in [-0.4, -0.2) is 36.6 Å². The van der Waals surface area contributed by atoms with Gasteiger partial charge in [-0.2, -0.15) is 0 Å². The van der Waals surface area contributed by atoms with Crippen LogP contribution in [0.5, 0.6) is 0 Å². The molecular formula is C23H32BrNO4. The quantitative estimate of drug-likeness (QED) is 0.586. The Kier molecular flexibility index (Phi) is 8.57. The van der Waals surface area contributed by atoms with Gasteiger partial charge in [0.1, 0.15) is 0 Å². The molecule has 3 rings (SSSR count). The summed E-state index contributed by atoms with van der Waals surface area (Å²) in [6, 6.07) is 8.40. The molecule has 0 radical (unpaired) electrons. The molecule has 6 heteroatoms. The molecule has 1 aromatic rings. The molecule has 5 nitrogen and oxygen atoms in total. The molecule has 1 aromatic carbocycles. The molecule has 160 valence electrons. The van der Waals surface area contributed by atoms with E-state index in [0.29, 0.717) is 18.8 Å². The van der Waals surface area contributed by atoms with Gasteiger partial charge < -0.3 is 19.9 Å². The molecule has 1 heterocycles. The third kappa shape index (κ3) is 6.06. The van der Waals surface area contributed by atoms with Crippen LogP contribution in [0.3, 0.4) is 0 Å². The first-order valence-corrected chi connectivity index (χ1v) is 11.6. The van der Waals surface area contributed by atoms with E-state index < -0.39 is 6.29 Å². The summed E-state index contributed by atoms with van der Waals surface area (Å²) in [5.41, 5.74) is 1.12. The topological polar surface area (TPSA) is 67.8 Å². The third-order valence-electron chi connectivity index (χ3n) is 5.83. The van der Waals surface area contributed by atoms with Crippen molar-refractivity contribution in [1.82, 2.24) is 5.32 Å². The molecule has 0 bridgehead atoms. The molecule has 29 heavy (non-hydrogen) atoms. The van der Waals surface area contributed by atoms with Crippen LogP contribution in [-0.2, 0) is 14.3 Å². The number of ether oxygens (including phenoxy) is 2. The fourth-order valence-corrected chi connectivity index (χ4v) is 4.60. The van der Waals surface area contributed by atoms with E-state index in [-0.39, 0.29) is 30.4 Å². The minimum atomic E-state index is -0.502. The van der Waals surface area contributed by atoms with E-state index >= 15 is 0 Å². The van der Waals surface area contributed by atoms with E-state index in [2.05, 4.69) is 33.4 Å². The Balaban J connectivity index is 1.86. The summed E-state index contributed by atoms with van der Waals surface area (Å²) in [6.45, 7) is 2.56. The van der Waals surface area contributed by atoms with Gasteiger partial charge in [-0.15, -0.1) is 0 Å². The fourth-order valence-electron chi connectivity index (χ4n) is 4.33. The number of rotatable bonds is 8. The Labute approximate surface area is 182 Å². The molecule has 1 fully saturated rings. The molecule has 1 amide bonds. The first-order chi connectivity index (χ1) is 14.1. The van der Waals surface area contributed by atoms with Crippen molar-refractivity contribution in [3.05, 3.63) is 46.1 Å². The van der Waals surface area contributed by atoms with Crippen LogP contribution in [0, 0.1) is 5.92 Å². The summed E-state index contributed by atoms with van der Waals surface area (Å²) in [5.74, 6) is 0.230. The largest absolute Gasteiger partial charge is 0.459 e. The lowest BCUT2D eigenvalue weighted by atomic mass is 9.80. The highest BCUT2D eigenvalue weighted by atomic mass is 79.9. The summed E-state index contributed by atoms with van der Waals surface area (Å²) in [7, 11) is 0. The van der Waals surface area contributed by atoms with Crippen molar-refractivity contribution in [3.8, 4) is 0 Å². The highest BCUT2D eigenvalue weighted by Gasteiger charge is 2.38. The lowest BCUT2D eigenvalue weighted by Gasteiger charge is -2.37. The number of carbonyl (C=O) groups is 1. The second kappa shape index (κ2) is 11.1. The monoisotopic (exact) mass is 465 g/mol. The smallest absolute Gasteiger partial charge is 0.286 e. The van der Waals surface area contributed by atoms with Crippen LogP contribution in [0.15, 0.2) is 40.6 Å². The van der Waals surface area contributed by atoms with Gasteiger partial charge in [0.2, 0.25) is 6.29 Å². The summed E-state index contributed by atoms with van der Waals surface area (Å²) in [6.07, 6.45) is 8.51. The van der Waals surface area contributed by atoms with Gasteiger partial charge in [0.25, 0.3) is 5.91 Å². The Morgan fingerprint density at radius 3 is 2.62 bits per heavy atom. The van der Waals surface area contributed by atoms with Crippen molar-refractivity contribution in [2.24, 2.45) is 5.92 Å². The van der Waals surface area contributed by atoms with E-state index in [1.807, 2.05) is 25.1 Å². The van der Waals surface area contributed by atoms with Gasteiger partial charge in [-0.3, -0.25) is 4.79 Å². The number of hydrogen-bond acceptors (Lipinski definition) is 4. The molecule has 1 saturated carbocycles. The Hall–Kier alpha value is -1.37. The summed E-state index contributed by atoms with van der Waals surface area (Å²) in [4.78, 5) is 13.0. The van der Waals surface area contributed by atoms with Gasteiger partial charge in [0, 0.05) is 35.6 Å². The van der Waals surface area contributed by atoms with Crippen LogP contribution < -0.4 is 5.32 Å². The second-order valence-electron chi connectivity index (χ2n) is 7.89. The van der Waals surface area contributed by atoms with Crippen LogP contribution in [0.25, 0.3) is 0 Å². The maximum Gasteiger partial charge on any atom is 0.286 e. The standard InChI is InChI=1S/C23H32BrNO4/c1-2-28-23-19(9-6-14-26)20(16-10-12-17(24)13-11-16)15-21(29-23)22(27)25-18-7-4-3-5-8-18/h10-13,15,18-20,23,26H,2-9,14H2,1H3,(H,25,27)/t19-,20-,23-/m1/s1. The Bertz CT molecular complexity index is 685. The van der Waals surface area contributed by atoms with E-state index in [9.17, 15) is 9.90 Å².